The van der Waals surface area contributed by atoms with E-state index >= 15 is 0 Å². The standard InChI is InChI=1S/C76H148O17P2/c1-7-9-11-13-15-17-19-20-21-22-26-29-35-41-47-53-59-74(79)87-65-71(92-75(80)60-54-48-42-36-30-27-24-23-25-28-32-38-44-50-56-68(3)4)66-90-94(82,83)88-62-70(77)63-89-95(84,85)91-67-72(64-86-73(78)58-52-46-40-34-18-16-14-12-10-8-2)93-76(81)61-55-49-43-37-31-33-39-45-51-57-69(5)6/h68-72,77H,7-67H2,1-6H3,(H,82,83)(H,84,85)/t70-,71-,72-/m1/s1. The third-order valence-electron chi connectivity index (χ3n) is 17.7. The zero-order valence-corrected chi connectivity index (χ0v) is 63.8. The first-order chi connectivity index (χ1) is 45.9. The van der Waals surface area contributed by atoms with Crippen LogP contribution in [0.1, 0.15) is 395 Å². The van der Waals surface area contributed by atoms with Gasteiger partial charge in [-0.1, -0.05) is 343 Å². The third kappa shape index (κ3) is 70.3. The molecule has 0 aliphatic carbocycles. The lowest BCUT2D eigenvalue weighted by molar-refractivity contribution is -0.161. The molecule has 0 aliphatic heterocycles. The highest BCUT2D eigenvalue weighted by atomic mass is 31.2. The summed E-state index contributed by atoms with van der Waals surface area (Å²) in [5, 5.41) is 10.6. The summed E-state index contributed by atoms with van der Waals surface area (Å²) in [4.78, 5) is 72.8. The molecule has 17 nitrogen and oxygen atoms in total. The van der Waals surface area contributed by atoms with Crippen LogP contribution in [0.4, 0.5) is 0 Å². The van der Waals surface area contributed by atoms with Crippen LogP contribution < -0.4 is 0 Å². The van der Waals surface area contributed by atoms with Gasteiger partial charge in [0.25, 0.3) is 0 Å². The van der Waals surface area contributed by atoms with Crippen LogP contribution in [0.3, 0.4) is 0 Å². The zero-order chi connectivity index (χ0) is 70.0. The Morgan fingerprint density at radius 3 is 0.716 bits per heavy atom. The van der Waals surface area contributed by atoms with Crippen molar-refractivity contribution in [1.82, 2.24) is 0 Å². The van der Waals surface area contributed by atoms with E-state index in [4.69, 9.17) is 37.0 Å². The van der Waals surface area contributed by atoms with Crippen molar-refractivity contribution < 1.29 is 80.2 Å². The van der Waals surface area contributed by atoms with Crippen LogP contribution in [0.25, 0.3) is 0 Å². The number of carbonyl (C=O) groups is 4. The summed E-state index contributed by atoms with van der Waals surface area (Å²) in [6.45, 7) is 9.59. The normalized spacial score (nSPS) is 14.0. The number of aliphatic hydroxyl groups is 1. The number of phosphoric ester groups is 2. The van der Waals surface area contributed by atoms with Gasteiger partial charge in [-0.2, -0.15) is 0 Å². The Morgan fingerprint density at radius 1 is 0.284 bits per heavy atom. The number of hydrogen-bond donors (Lipinski definition) is 3. The molecule has 0 saturated carbocycles. The average Bonchev–Trinajstić information content (AvgIpc) is 1.48. The number of aliphatic hydroxyl groups excluding tert-OH is 1. The van der Waals surface area contributed by atoms with Crippen molar-refractivity contribution in [2.24, 2.45) is 11.8 Å². The average molecular weight is 1400 g/mol. The van der Waals surface area contributed by atoms with Crippen molar-refractivity contribution in [2.45, 2.75) is 413 Å². The Bertz CT molecular complexity index is 1840. The molecule has 19 heteroatoms. The van der Waals surface area contributed by atoms with Gasteiger partial charge in [0.2, 0.25) is 0 Å². The minimum atomic E-state index is -4.96. The van der Waals surface area contributed by atoms with Gasteiger partial charge in [-0.25, -0.2) is 9.13 Å². The van der Waals surface area contributed by atoms with Crippen molar-refractivity contribution in [1.29, 1.82) is 0 Å². The Kier molecular flexibility index (Phi) is 66.5. The van der Waals surface area contributed by atoms with Crippen LogP contribution in [0, 0.1) is 11.8 Å². The maximum Gasteiger partial charge on any atom is 0.472 e. The maximum atomic E-state index is 13.1. The van der Waals surface area contributed by atoms with Crippen LogP contribution in [0.2, 0.25) is 0 Å². The second-order valence-corrected chi connectivity index (χ2v) is 31.3. The van der Waals surface area contributed by atoms with Crippen LogP contribution in [0.5, 0.6) is 0 Å². The molecule has 5 atom stereocenters. The number of unbranched alkanes of at least 4 members (excludes halogenated alkanes) is 45. The van der Waals surface area contributed by atoms with Gasteiger partial charge in [0, 0.05) is 25.7 Å². The molecule has 2 unspecified atom stereocenters. The highest BCUT2D eigenvalue weighted by Crippen LogP contribution is 2.45. The molecular weight excluding hydrogens is 1250 g/mol. The minimum Gasteiger partial charge on any atom is -0.462 e. The second kappa shape index (κ2) is 67.9. The number of esters is 4. The predicted molar refractivity (Wildman–Crippen MR) is 386 cm³/mol. The van der Waals surface area contributed by atoms with Gasteiger partial charge in [-0.15, -0.1) is 0 Å². The molecule has 0 aliphatic rings. The summed E-state index contributed by atoms with van der Waals surface area (Å²) in [6.07, 6.45) is 55.4. The maximum absolute atomic E-state index is 13.1. The molecule has 0 aromatic rings. The van der Waals surface area contributed by atoms with Crippen LogP contribution in [-0.2, 0) is 65.4 Å². The van der Waals surface area contributed by atoms with Gasteiger partial charge in [-0.3, -0.25) is 37.3 Å². The lowest BCUT2D eigenvalue weighted by Crippen LogP contribution is -2.30. The lowest BCUT2D eigenvalue weighted by atomic mass is 10.0. The van der Waals surface area contributed by atoms with Crippen molar-refractivity contribution in [3.63, 3.8) is 0 Å². The van der Waals surface area contributed by atoms with Gasteiger partial charge in [0.05, 0.1) is 26.4 Å². The smallest absolute Gasteiger partial charge is 0.462 e. The number of rotatable bonds is 75. The fraction of sp³-hybridized carbons (Fsp3) is 0.947. The van der Waals surface area contributed by atoms with Crippen LogP contribution in [-0.4, -0.2) is 96.7 Å². The van der Waals surface area contributed by atoms with Gasteiger partial charge in [-0.05, 0) is 37.5 Å². The first-order valence-corrected chi connectivity index (χ1v) is 42.5. The molecule has 3 N–H and O–H groups in total. The Labute approximate surface area is 581 Å². The van der Waals surface area contributed by atoms with E-state index < -0.39 is 97.5 Å². The summed E-state index contributed by atoms with van der Waals surface area (Å²) >= 11 is 0. The SMILES string of the molecule is CCCCCCCCCCCCCCCCCCC(=O)OC[C@H](COP(=O)(O)OC[C@@H](O)COP(=O)(O)OC[C@@H](COC(=O)CCCCCCCCCCCC)OC(=O)CCCCCCCCCCCC(C)C)OC(=O)CCCCCCCCCCCCCCCCC(C)C. The van der Waals surface area contributed by atoms with Gasteiger partial charge < -0.3 is 33.8 Å². The summed E-state index contributed by atoms with van der Waals surface area (Å²) in [6, 6.07) is 0. The number of phosphoric acid groups is 2. The largest absolute Gasteiger partial charge is 0.472 e. The number of hydrogen-bond acceptors (Lipinski definition) is 15. The molecule has 0 spiro atoms. The quantitative estimate of drug-likeness (QED) is 0.0222. The van der Waals surface area contributed by atoms with Crippen molar-refractivity contribution >= 4 is 39.5 Å². The van der Waals surface area contributed by atoms with E-state index in [2.05, 4.69) is 41.5 Å². The molecule has 0 saturated heterocycles. The van der Waals surface area contributed by atoms with Crippen LogP contribution in [0.15, 0.2) is 0 Å². The van der Waals surface area contributed by atoms with E-state index in [0.717, 1.165) is 102 Å². The van der Waals surface area contributed by atoms with Crippen molar-refractivity contribution in [3.8, 4) is 0 Å². The van der Waals surface area contributed by atoms with E-state index in [1.54, 1.807) is 0 Å². The summed E-state index contributed by atoms with van der Waals surface area (Å²) in [7, 11) is -9.91. The highest BCUT2D eigenvalue weighted by Gasteiger charge is 2.30. The minimum absolute atomic E-state index is 0.106. The first-order valence-electron chi connectivity index (χ1n) is 39.5. The highest BCUT2D eigenvalue weighted by molar-refractivity contribution is 7.47. The summed E-state index contributed by atoms with van der Waals surface area (Å²) < 4.78 is 68.5. The molecule has 0 fully saturated rings. The molecule has 0 rings (SSSR count). The molecule has 0 aromatic carbocycles. The molecule has 0 heterocycles. The number of carbonyl (C=O) groups excluding carboxylic acids is 4. The Balaban J connectivity index is 5.24. The summed E-state index contributed by atoms with van der Waals surface area (Å²) in [5.41, 5.74) is 0. The third-order valence-corrected chi connectivity index (χ3v) is 19.6. The van der Waals surface area contributed by atoms with E-state index in [1.165, 1.54) is 212 Å². The Morgan fingerprint density at radius 2 is 0.484 bits per heavy atom. The van der Waals surface area contributed by atoms with E-state index in [9.17, 15) is 43.2 Å². The predicted octanol–water partition coefficient (Wildman–Crippen LogP) is 22.3. The number of ether oxygens (including phenoxy) is 4. The van der Waals surface area contributed by atoms with Crippen molar-refractivity contribution in [3.05, 3.63) is 0 Å². The van der Waals surface area contributed by atoms with Gasteiger partial charge >= 0.3 is 39.5 Å². The zero-order valence-electron chi connectivity index (χ0n) is 62.0. The van der Waals surface area contributed by atoms with E-state index in [1.807, 2.05) is 0 Å². The summed E-state index contributed by atoms with van der Waals surface area (Å²) in [5.74, 6) is -0.583. The van der Waals surface area contributed by atoms with E-state index in [-0.39, 0.29) is 25.7 Å². The molecule has 0 bridgehead atoms. The molecular formula is C76H148O17P2. The molecule has 564 valence electrons. The monoisotopic (exact) mass is 1400 g/mol. The fourth-order valence-electron chi connectivity index (χ4n) is 11.7. The molecule has 0 radical (unpaired) electrons. The Hall–Kier alpha value is -1.94. The van der Waals surface area contributed by atoms with Gasteiger partial charge in [0.1, 0.15) is 19.3 Å². The fourth-order valence-corrected chi connectivity index (χ4v) is 13.2. The topological polar surface area (TPSA) is 237 Å². The first kappa shape index (κ1) is 93.1. The molecule has 95 heavy (non-hydrogen) atoms. The van der Waals surface area contributed by atoms with Crippen LogP contribution >= 0.6 is 15.6 Å². The lowest BCUT2D eigenvalue weighted by Gasteiger charge is -2.21. The van der Waals surface area contributed by atoms with Gasteiger partial charge in [0.15, 0.2) is 12.2 Å². The molecule has 0 aromatic heterocycles. The van der Waals surface area contributed by atoms with E-state index in [0.29, 0.717) is 25.7 Å². The van der Waals surface area contributed by atoms with Crippen molar-refractivity contribution in [2.75, 3.05) is 39.6 Å². The second-order valence-electron chi connectivity index (χ2n) is 28.3. The molecule has 0 amide bonds.